The van der Waals surface area contributed by atoms with Gasteiger partial charge in [-0.1, -0.05) is 60.7 Å². The first-order valence-electron chi connectivity index (χ1n) is 14.0. The number of hydrogen-bond acceptors (Lipinski definition) is 6. The minimum atomic E-state index is -1.85. The van der Waals surface area contributed by atoms with Gasteiger partial charge in [0.15, 0.2) is 0 Å². The van der Waals surface area contributed by atoms with Crippen molar-refractivity contribution < 1.29 is 41.1 Å². The van der Waals surface area contributed by atoms with Crippen LogP contribution in [0.25, 0.3) is 0 Å². The molecular weight excluding hydrogens is 546 g/mol. The van der Waals surface area contributed by atoms with Gasteiger partial charge in [-0.05, 0) is 36.6 Å². The molecule has 2 aromatic carbocycles. The summed E-state index contributed by atoms with van der Waals surface area (Å²) in [5.41, 5.74) is -0.831. The normalized spacial score (nSPS) is 23.7. The topological polar surface area (TPSA) is 72.8 Å². The Labute approximate surface area is 246 Å². The van der Waals surface area contributed by atoms with Crippen LogP contribution in [0.5, 0.6) is 0 Å². The molecule has 0 amide bonds. The van der Waals surface area contributed by atoms with E-state index in [1.807, 2.05) is 43.3 Å². The Kier molecular flexibility index (Phi) is 9.72. The van der Waals surface area contributed by atoms with Gasteiger partial charge in [0.1, 0.15) is 12.6 Å². The van der Waals surface area contributed by atoms with Crippen molar-refractivity contribution in [3.8, 4) is 0 Å². The van der Waals surface area contributed by atoms with Crippen molar-refractivity contribution in [1.82, 2.24) is 0 Å². The van der Waals surface area contributed by atoms with Crippen LogP contribution in [0.15, 0.2) is 72.8 Å². The lowest BCUT2D eigenvalue weighted by molar-refractivity contribution is -0.961. The largest absolute Gasteiger partial charge is 1.00 e. The van der Waals surface area contributed by atoms with Crippen LogP contribution >= 0.6 is 11.3 Å². The van der Waals surface area contributed by atoms with E-state index < -0.39 is 11.6 Å². The Bertz CT molecular complexity index is 1230. The van der Waals surface area contributed by atoms with Crippen LogP contribution in [0.4, 0.5) is 0 Å². The van der Waals surface area contributed by atoms with E-state index in [0.29, 0.717) is 42.7 Å². The number of halogens is 1. The molecule has 1 N–H and O–H groups in total. The van der Waals surface area contributed by atoms with Crippen LogP contribution in [-0.4, -0.2) is 53.4 Å². The average molecular weight is 584 g/mol. The third-order valence-electron chi connectivity index (χ3n) is 8.62. The van der Waals surface area contributed by atoms with Gasteiger partial charge >= 0.3 is 11.9 Å². The van der Waals surface area contributed by atoms with Gasteiger partial charge in [0.2, 0.25) is 5.60 Å². The zero-order chi connectivity index (χ0) is 27.5. The summed E-state index contributed by atoms with van der Waals surface area (Å²) < 4.78 is 12.1. The van der Waals surface area contributed by atoms with Gasteiger partial charge in [0, 0.05) is 30.6 Å². The molecule has 6 nitrogen and oxygen atoms in total. The number of aryl methyl sites for hydroxylation is 1. The highest BCUT2D eigenvalue weighted by molar-refractivity contribution is 7.11. The Hall–Kier alpha value is -2.71. The van der Waals surface area contributed by atoms with Crippen LogP contribution in [0.1, 0.15) is 59.9 Å². The molecule has 0 radical (unpaired) electrons. The molecule has 1 aromatic heterocycles. The zero-order valence-electron chi connectivity index (χ0n) is 23.1. The number of aliphatic hydroxyl groups is 1. The number of ether oxygens (including phenoxy) is 2. The first-order valence-corrected chi connectivity index (χ1v) is 14.8. The number of carbonyl (C=O) groups excluding carboxylic acids is 2. The molecule has 1 unspecified atom stereocenters. The maximum Gasteiger partial charge on any atom is 0.347 e. The van der Waals surface area contributed by atoms with Gasteiger partial charge in [-0.15, -0.1) is 11.3 Å². The molecule has 2 saturated heterocycles. The maximum atomic E-state index is 13.7. The van der Waals surface area contributed by atoms with Crippen molar-refractivity contribution in [2.24, 2.45) is 0 Å². The first-order chi connectivity index (χ1) is 18.8. The van der Waals surface area contributed by atoms with Gasteiger partial charge in [0.25, 0.3) is 0 Å². The summed E-state index contributed by atoms with van der Waals surface area (Å²) in [7, 11) is 2.34. The SMILES string of the molecule is CCOC(=O)CCc1ccc(C[N+]2(C)[C@@H]3CC[C@H]2C[C@H](OC(=O)C(O)(c2ccccc2)c2ccccc2)C3)s1.[Cl-]. The summed E-state index contributed by atoms with van der Waals surface area (Å²) in [5, 5.41) is 11.8. The van der Waals surface area contributed by atoms with Crippen molar-refractivity contribution in [2.45, 2.75) is 75.8 Å². The highest BCUT2D eigenvalue weighted by Gasteiger charge is 2.53. The van der Waals surface area contributed by atoms with E-state index in [0.717, 1.165) is 36.7 Å². The Balaban J connectivity index is 0.00000370. The molecule has 3 heterocycles. The number of thiophene rings is 1. The maximum absolute atomic E-state index is 13.7. The average Bonchev–Trinajstić information content (AvgIpc) is 3.43. The van der Waals surface area contributed by atoms with Crippen molar-refractivity contribution in [3.63, 3.8) is 0 Å². The second kappa shape index (κ2) is 12.9. The summed E-state index contributed by atoms with van der Waals surface area (Å²) in [6, 6.07) is 23.3. The molecule has 0 aliphatic carbocycles. The van der Waals surface area contributed by atoms with E-state index in [4.69, 9.17) is 9.47 Å². The number of nitrogens with zero attached hydrogens (tertiary/aromatic N) is 1. The quantitative estimate of drug-likeness (QED) is 0.293. The zero-order valence-corrected chi connectivity index (χ0v) is 24.7. The van der Waals surface area contributed by atoms with Gasteiger partial charge in [0.05, 0.1) is 37.0 Å². The minimum Gasteiger partial charge on any atom is -1.00 e. The Morgan fingerprint density at radius 2 is 1.48 bits per heavy atom. The lowest BCUT2D eigenvalue weighted by Crippen LogP contribution is -3.00. The lowest BCUT2D eigenvalue weighted by Gasteiger charge is -2.47. The molecule has 4 atom stereocenters. The molecule has 2 aliphatic heterocycles. The van der Waals surface area contributed by atoms with Gasteiger partial charge in [-0.3, -0.25) is 4.79 Å². The fraction of sp³-hybridized carbons (Fsp3) is 0.438. The number of benzene rings is 2. The summed E-state index contributed by atoms with van der Waals surface area (Å²) >= 11 is 1.79. The first kappa shape index (κ1) is 30.3. The molecule has 2 aliphatic rings. The second-order valence-corrected chi connectivity index (χ2v) is 12.3. The van der Waals surface area contributed by atoms with E-state index in [1.54, 1.807) is 35.6 Å². The van der Waals surface area contributed by atoms with Gasteiger partial charge in [-0.25, -0.2) is 4.79 Å². The van der Waals surface area contributed by atoms with Crippen molar-refractivity contribution in [2.75, 3.05) is 13.7 Å². The monoisotopic (exact) mass is 583 g/mol. The molecular formula is C32H38ClNO5S. The minimum absolute atomic E-state index is 0. The molecule has 3 aromatic rings. The van der Waals surface area contributed by atoms with Crippen LogP contribution in [0, 0.1) is 0 Å². The number of fused-ring (bicyclic) bond motifs is 2. The standard InChI is InChI=1S/C32H38NO5S.ClH/c1-3-37-30(34)19-18-28-16-17-29(39-28)22-33(2)25-14-15-26(33)21-27(20-25)38-31(35)32(36,23-10-6-4-7-11-23)24-12-8-5-9-13-24;/h4-13,16-17,25-27,36H,3,14-15,18-22H2,1-2H3;1H/q+1;/p-1/t25-,26+,27-,33?;. The Morgan fingerprint density at radius 1 is 0.925 bits per heavy atom. The van der Waals surface area contributed by atoms with Crippen molar-refractivity contribution in [3.05, 3.63) is 93.7 Å². The predicted molar refractivity (Wildman–Crippen MR) is 151 cm³/mol. The van der Waals surface area contributed by atoms with Crippen LogP contribution < -0.4 is 12.4 Å². The highest BCUT2D eigenvalue weighted by atomic mass is 35.5. The van der Waals surface area contributed by atoms with Gasteiger partial charge in [-0.2, -0.15) is 0 Å². The predicted octanol–water partition coefficient (Wildman–Crippen LogP) is 2.37. The molecule has 214 valence electrons. The van der Waals surface area contributed by atoms with E-state index in [9.17, 15) is 14.7 Å². The number of hydrogen-bond donors (Lipinski definition) is 1. The third kappa shape index (κ3) is 6.13. The third-order valence-corrected chi connectivity index (χ3v) is 9.75. The van der Waals surface area contributed by atoms with E-state index in [1.165, 1.54) is 9.75 Å². The molecule has 2 bridgehead atoms. The van der Waals surface area contributed by atoms with Gasteiger partial charge < -0.3 is 31.5 Å². The van der Waals surface area contributed by atoms with Crippen LogP contribution in [0.2, 0.25) is 0 Å². The number of carbonyl (C=O) groups is 2. The van der Waals surface area contributed by atoms with E-state index >= 15 is 0 Å². The molecule has 40 heavy (non-hydrogen) atoms. The number of rotatable bonds is 10. The number of esters is 2. The van der Waals surface area contributed by atoms with E-state index in [-0.39, 0.29) is 24.5 Å². The summed E-state index contributed by atoms with van der Waals surface area (Å²) in [5.74, 6) is -0.752. The van der Waals surface area contributed by atoms with Crippen molar-refractivity contribution >= 4 is 23.3 Å². The number of quaternary nitrogens is 1. The Morgan fingerprint density at radius 3 is 2.02 bits per heavy atom. The molecule has 0 saturated carbocycles. The molecule has 5 rings (SSSR count). The summed E-state index contributed by atoms with van der Waals surface area (Å²) in [6.07, 6.45) is 4.71. The molecule has 2 fully saturated rings. The molecule has 0 spiro atoms. The number of piperidine rings is 1. The highest BCUT2D eigenvalue weighted by Crippen LogP contribution is 2.45. The second-order valence-electron chi connectivity index (χ2n) is 11.0. The van der Waals surface area contributed by atoms with Crippen molar-refractivity contribution in [1.29, 1.82) is 0 Å². The summed E-state index contributed by atoms with van der Waals surface area (Å²) in [4.78, 5) is 27.9. The fourth-order valence-electron chi connectivity index (χ4n) is 6.48. The summed E-state index contributed by atoms with van der Waals surface area (Å²) in [6.45, 7) is 3.19. The smallest absolute Gasteiger partial charge is 0.347 e. The lowest BCUT2D eigenvalue weighted by atomic mass is 9.86. The van der Waals surface area contributed by atoms with Crippen LogP contribution in [-0.2, 0) is 37.6 Å². The fourth-order valence-corrected chi connectivity index (χ4v) is 7.64. The molecule has 8 heteroatoms. The van der Waals surface area contributed by atoms with Crippen LogP contribution in [0.3, 0.4) is 0 Å². The van der Waals surface area contributed by atoms with E-state index in [2.05, 4.69) is 19.2 Å².